The Kier molecular flexibility index (Phi) is 9.92. The third-order valence-corrected chi connectivity index (χ3v) is 2.85. The number of carbonyl (C=O) groups is 2. The van der Waals surface area contributed by atoms with Gasteiger partial charge in [0.2, 0.25) is 0 Å². The molecule has 0 aliphatic heterocycles. The maximum Gasteiger partial charge on any atom is 0.303 e. The molecule has 0 bridgehead atoms. The van der Waals surface area contributed by atoms with Gasteiger partial charge in [-0.1, -0.05) is 23.8 Å². The molecular weight excluding hydrogens is 280 g/mol. The van der Waals surface area contributed by atoms with Gasteiger partial charge in [-0.05, 0) is 45.3 Å². The Morgan fingerprint density at radius 2 is 1.73 bits per heavy atom. The second-order valence-corrected chi connectivity index (χ2v) is 5.72. The van der Waals surface area contributed by atoms with Crippen molar-refractivity contribution >= 4 is 11.9 Å². The minimum absolute atomic E-state index is 0.151. The van der Waals surface area contributed by atoms with Gasteiger partial charge in [-0.2, -0.15) is 0 Å². The molecule has 0 aromatic rings. The molecule has 0 saturated heterocycles. The van der Waals surface area contributed by atoms with Crippen LogP contribution in [0.25, 0.3) is 0 Å². The second kappa shape index (κ2) is 10.8. The lowest BCUT2D eigenvalue weighted by Crippen LogP contribution is -2.17. The second-order valence-electron chi connectivity index (χ2n) is 5.72. The van der Waals surface area contributed by atoms with Crippen LogP contribution in [0.2, 0.25) is 0 Å². The summed E-state index contributed by atoms with van der Waals surface area (Å²) in [5.41, 5.74) is 3.16. The van der Waals surface area contributed by atoms with E-state index in [-0.39, 0.29) is 24.6 Å². The Labute approximate surface area is 133 Å². The normalized spacial score (nSPS) is 12.3. The number of hydrogen-bond acceptors (Lipinski definition) is 4. The van der Waals surface area contributed by atoms with E-state index >= 15 is 0 Å². The summed E-state index contributed by atoms with van der Waals surface area (Å²) in [7, 11) is 0. The fraction of sp³-hybridized carbons (Fsp3) is 0.556. The Morgan fingerprint density at radius 3 is 2.23 bits per heavy atom. The highest BCUT2D eigenvalue weighted by molar-refractivity contribution is 5.66. The lowest BCUT2D eigenvalue weighted by atomic mass is 10.0. The number of hydrogen-bond donors (Lipinski definition) is 0. The summed E-state index contributed by atoms with van der Waals surface area (Å²) in [6.07, 6.45) is 6.09. The predicted molar refractivity (Wildman–Crippen MR) is 88.4 cm³/mol. The highest BCUT2D eigenvalue weighted by atomic mass is 16.5. The van der Waals surface area contributed by atoms with Gasteiger partial charge in [0.15, 0.2) is 0 Å². The third kappa shape index (κ3) is 11.9. The number of allylic oxidation sites excluding steroid dienone is 3. The molecule has 22 heavy (non-hydrogen) atoms. The highest BCUT2D eigenvalue weighted by Gasteiger charge is 2.12. The molecule has 0 saturated carbocycles. The van der Waals surface area contributed by atoms with Gasteiger partial charge < -0.3 is 9.47 Å². The maximum atomic E-state index is 11.2. The molecule has 4 heteroatoms. The molecule has 0 amide bonds. The fourth-order valence-electron chi connectivity index (χ4n) is 1.88. The van der Waals surface area contributed by atoms with Gasteiger partial charge in [0.1, 0.15) is 12.7 Å². The van der Waals surface area contributed by atoms with E-state index in [4.69, 9.17) is 9.47 Å². The minimum atomic E-state index is -0.368. The van der Waals surface area contributed by atoms with Crippen molar-refractivity contribution in [3.63, 3.8) is 0 Å². The molecule has 0 fully saturated rings. The topological polar surface area (TPSA) is 52.6 Å². The molecule has 0 aliphatic rings. The van der Waals surface area contributed by atoms with Crippen LogP contribution < -0.4 is 0 Å². The number of carbonyl (C=O) groups excluding carboxylic acids is 2. The summed E-state index contributed by atoms with van der Waals surface area (Å²) in [5.74, 6) is -0.683. The van der Waals surface area contributed by atoms with Crippen molar-refractivity contribution in [2.75, 3.05) is 6.61 Å². The zero-order valence-corrected chi connectivity index (χ0v) is 14.4. The quantitative estimate of drug-likeness (QED) is 0.475. The molecule has 0 aromatic heterocycles. The Bertz CT molecular complexity index is 454. The highest BCUT2D eigenvalue weighted by Crippen LogP contribution is 2.15. The fourth-order valence-corrected chi connectivity index (χ4v) is 1.88. The monoisotopic (exact) mass is 308 g/mol. The van der Waals surface area contributed by atoms with Gasteiger partial charge in [-0.3, -0.25) is 9.59 Å². The maximum absolute atomic E-state index is 11.2. The lowest BCUT2D eigenvalue weighted by Gasteiger charge is -2.16. The lowest BCUT2D eigenvalue weighted by molar-refractivity contribution is -0.145. The zero-order chi connectivity index (χ0) is 17.1. The molecule has 0 heterocycles. The molecule has 0 spiro atoms. The summed E-state index contributed by atoms with van der Waals surface area (Å²) >= 11 is 0. The van der Waals surface area contributed by atoms with Crippen molar-refractivity contribution in [2.24, 2.45) is 0 Å². The SMILES string of the molecule is C=C(COC(C)=O)C[C@@H](/C=C(\C)CCC=C(C)C)OC(C)=O. The average molecular weight is 308 g/mol. The smallest absolute Gasteiger partial charge is 0.303 e. The van der Waals surface area contributed by atoms with Crippen molar-refractivity contribution in [1.29, 1.82) is 0 Å². The molecule has 0 N–H and O–H groups in total. The van der Waals surface area contributed by atoms with Gasteiger partial charge >= 0.3 is 11.9 Å². The van der Waals surface area contributed by atoms with Crippen LogP contribution in [0.4, 0.5) is 0 Å². The summed E-state index contributed by atoms with van der Waals surface area (Å²) < 4.78 is 10.2. The van der Waals surface area contributed by atoms with Crippen molar-refractivity contribution < 1.29 is 19.1 Å². The van der Waals surface area contributed by atoms with E-state index in [9.17, 15) is 9.59 Å². The van der Waals surface area contributed by atoms with Crippen molar-refractivity contribution in [3.8, 4) is 0 Å². The molecule has 0 rings (SSSR count). The van der Waals surface area contributed by atoms with E-state index in [0.29, 0.717) is 6.42 Å². The van der Waals surface area contributed by atoms with E-state index in [1.54, 1.807) is 0 Å². The summed E-state index contributed by atoms with van der Waals surface area (Å²) in [5, 5.41) is 0. The summed E-state index contributed by atoms with van der Waals surface area (Å²) in [4.78, 5) is 22.0. The van der Waals surface area contributed by atoms with Crippen LogP contribution in [0.5, 0.6) is 0 Å². The van der Waals surface area contributed by atoms with Gasteiger partial charge in [0.05, 0.1) is 0 Å². The van der Waals surface area contributed by atoms with Gasteiger partial charge in [0.25, 0.3) is 0 Å². The van der Waals surface area contributed by atoms with Crippen molar-refractivity contribution in [1.82, 2.24) is 0 Å². The molecule has 4 nitrogen and oxygen atoms in total. The van der Waals surface area contributed by atoms with Crippen LogP contribution in [0, 0.1) is 0 Å². The first-order valence-electron chi connectivity index (χ1n) is 7.48. The molecule has 0 radical (unpaired) electrons. The van der Waals surface area contributed by atoms with Crippen LogP contribution in [0.15, 0.2) is 35.5 Å². The summed E-state index contributed by atoms with van der Waals surface area (Å²) in [6, 6.07) is 0. The average Bonchev–Trinajstić information content (AvgIpc) is 2.34. The van der Waals surface area contributed by atoms with E-state index in [1.807, 2.05) is 13.0 Å². The first kappa shape index (κ1) is 20.2. The molecule has 0 unspecified atom stereocenters. The van der Waals surface area contributed by atoms with E-state index in [2.05, 4.69) is 26.5 Å². The molecule has 0 aromatic carbocycles. The molecule has 0 aliphatic carbocycles. The largest absolute Gasteiger partial charge is 0.461 e. The first-order valence-corrected chi connectivity index (χ1v) is 7.48. The standard InChI is InChI=1S/C18H28O4/c1-13(2)8-7-9-14(3)10-18(22-17(6)20)11-15(4)12-21-16(5)19/h8,10,18H,4,7,9,11-12H2,1-3,5-6H3/b14-10+/t18-/m1/s1. The molecular formula is C18H28O4. The van der Waals surface area contributed by atoms with Crippen molar-refractivity contribution in [2.45, 2.75) is 60.0 Å². The Hall–Kier alpha value is -1.84. The molecule has 124 valence electrons. The Balaban J connectivity index is 4.61. The van der Waals surface area contributed by atoms with Crippen molar-refractivity contribution in [3.05, 3.63) is 35.5 Å². The van der Waals surface area contributed by atoms with E-state index in [1.165, 1.54) is 19.4 Å². The van der Waals surface area contributed by atoms with Gasteiger partial charge in [0, 0.05) is 20.3 Å². The van der Waals surface area contributed by atoms with Crippen LogP contribution in [-0.2, 0) is 19.1 Å². The number of rotatable bonds is 9. The zero-order valence-electron chi connectivity index (χ0n) is 14.4. The van der Waals surface area contributed by atoms with Gasteiger partial charge in [-0.25, -0.2) is 0 Å². The van der Waals surface area contributed by atoms with Crippen LogP contribution in [-0.4, -0.2) is 24.6 Å². The van der Waals surface area contributed by atoms with E-state index in [0.717, 1.165) is 24.0 Å². The molecule has 1 atom stereocenters. The van der Waals surface area contributed by atoms with E-state index < -0.39 is 0 Å². The number of esters is 2. The van der Waals surface area contributed by atoms with Crippen LogP contribution in [0.1, 0.15) is 53.9 Å². The third-order valence-electron chi connectivity index (χ3n) is 2.85. The first-order chi connectivity index (χ1) is 10.2. The summed E-state index contributed by atoms with van der Waals surface area (Å²) in [6.45, 7) is 12.9. The van der Waals surface area contributed by atoms with Gasteiger partial charge in [-0.15, -0.1) is 0 Å². The minimum Gasteiger partial charge on any atom is -0.461 e. The number of ether oxygens (including phenoxy) is 2. The predicted octanol–water partition coefficient (Wildman–Crippen LogP) is 4.12. The van der Waals surface area contributed by atoms with Crippen LogP contribution in [0.3, 0.4) is 0 Å². The van der Waals surface area contributed by atoms with Crippen LogP contribution >= 0.6 is 0 Å². The Morgan fingerprint density at radius 1 is 1.09 bits per heavy atom.